The fourth-order valence-corrected chi connectivity index (χ4v) is 3.52. The number of alkyl halides is 2. The van der Waals surface area contributed by atoms with E-state index in [1.807, 2.05) is 6.92 Å². The van der Waals surface area contributed by atoms with Gasteiger partial charge in [-0.25, -0.2) is 0 Å². The Bertz CT molecular complexity index is 832. The molecule has 29 heavy (non-hydrogen) atoms. The van der Waals surface area contributed by atoms with Gasteiger partial charge in [-0.2, -0.15) is 0 Å². The Morgan fingerprint density at radius 1 is 1.10 bits per heavy atom. The summed E-state index contributed by atoms with van der Waals surface area (Å²) in [6.45, 7) is 5.09. The van der Waals surface area contributed by atoms with Crippen molar-refractivity contribution in [3.05, 3.63) is 29.8 Å². The van der Waals surface area contributed by atoms with Crippen molar-refractivity contribution in [2.75, 3.05) is 39.4 Å². The van der Waals surface area contributed by atoms with E-state index in [1.54, 1.807) is 21.9 Å². The number of hydrogen-bond acceptors (Lipinski definition) is 5. The van der Waals surface area contributed by atoms with E-state index in [1.165, 1.54) is 18.2 Å². The van der Waals surface area contributed by atoms with E-state index in [-0.39, 0.29) is 35.1 Å². The van der Waals surface area contributed by atoms with Gasteiger partial charge < -0.3 is 24.0 Å². The molecule has 1 aromatic rings. The minimum atomic E-state index is -3.67. The predicted molar refractivity (Wildman–Crippen MR) is 98.3 cm³/mol. The lowest BCUT2D eigenvalue weighted by molar-refractivity contribution is -0.286. The molecule has 1 atom stereocenters. The predicted octanol–water partition coefficient (Wildman–Crippen LogP) is 1.97. The highest BCUT2D eigenvalue weighted by atomic mass is 19.3. The molecule has 4 rings (SSSR count). The summed E-state index contributed by atoms with van der Waals surface area (Å²) in [5, 5.41) is 0. The molecule has 0 radical (unpaired) electrons. The maximum atomic E-state index is 13.1. The summed E-state index contributed by atoms with van der Waals surface area (Å²) in [4.78, 5) is 28.4. The van der Waals surface area contributed by atoms with E-state index in [4.69, 9.17) is 4.74 Å². The first-order valence-electron chi connectivity index (χ1n) is 9.56. The van der Waals surface area contributed by atoms with Crippen molar-refractivity contribution >= 4 is 17.9 Å². The number of nitrogens with zero attached hydrogens (tertiary/aromatic N) is 2. The van der Waals surface area contributed by atoms with Gasteiger partial charge in [-0.15, -0.1) is 8.78 Å². The minimum absolute atomic E-state index is 0.0399. The topological polar surface area (TPSA) is 68.3 Å². The average molecular weight is 408 g/mol. The van der Waals surface area contributed by atoms with Crippen LogP contribution in [0.2, 0.25) is 0 Å². The Morgan fingerprint density at radius 3 is 2.41 bits per heavy atom. The molecule has 0 spiro atoms. The van der Waals surface area contributed by atoms with Crippen molar-refractivity contribution in [1.29, 1.82) is 0 Å². The number of piperazine rings is 1. The first-order chi connectivity index (χ1) is 13.8. The van der Waals surface area contributed by atoms with Crippen molar-refractivity contribution < 1.29 is 32.6 Å². The number of fused-ring (bicyclic) bond motifs is 1. The molecule has 0 bridgehead atoms. The summed E-state index contributed by atoms with van der Waals surface area (Å²) in [6, 6.07) is 4.33. The lowest BCUT2D eigenvalue weighted by atomic mass is 9.91. The normalized spacial score (nSPS) is 21.9. The summed E-state index contributed by atoms with van der Waals surface area (Å²) in [5.41, 5.74) is 0.545. The van der Waals surface area contributed by atoms with E-state index < -0.39 is 6.29 Å². The highest BCUT2D eigenvalue weighted by molar-refractivity contribution is 5.92. The molecule has 3 heterocycles. The van der Waals surface area contributed by atoms with E-state index in [0.29, 0.717) is 45.0 Å². The van der Waals surface area contributed by atoms with Gasteiger partial charge in [0.1, 0.15) is 0 Å². The number of carbonyl (C=O) groups excluding carboxylic acids is 2. The summed E-state index contributed by atoms with van der Waals surface area (Å²) in [7, 11) is 0. The number of amides is 2. The van der Waals surface area contributed by atoms with Gasteiger partial charge in [0.25, 0.3) is 0 Å². The zero-order chi connectivity index (χ0) is 20.6. The molecule has 7 nitrogen and oxygen atoms in total. The third-order valence-electron chi connectivity index (χ3n) is 5.51. The molecule has 1 unspecified atom stereocenters. The maximum Gasteiger partial charge on any atom is 0.586 e. The molecule has 9 heteroatoms. The Kier molecular flexibility index (Phi) is 5.16. The molecule has 2 fully saturated rings. The van der Waals surface area contributed by atoms with Gasteiger partial charge in [-0.3, -0.25) is 9.59 Å². The van der Waals surface area contributed by atoms with E-state index in [9.17, 15) is 18.4 Å². The van der Waals surface area contributed by atoms with Crippen molar-refractivity contribution in [3.63, 3.8) is 0 Å². The first kappa shape index (κ1) is 19.6. The Hall–Kier alpha value is -2.68. The van der Waals surface area contributed by atoms with E-state index in [2.05, 4.69) is 9.47 Å². The second kappa shape index (κ2) is 7.62. The van der Waals surface area contributed by atoms with Gasteiger partial charge in [-0.05, 0) is 23.8 Å². The number of halogens is 2. The molecule has 1 aromatic carbocycles. The third-order valence-corrected chi connectivity index (χ3v) is 5.51. The fraction of sp³-hybridized carbons (Fsp3) is 0.500. The van der Waals surface area contributed by atoms with Crippen molar-refractivity contribution in [1.82, 2.24) is 9.80 Å². The maximum absolute atomic E-state index is 13.1. The van der Waals surface area contributed by atoms with Gasteiger partial charge in [0.15, 0.2) is 11.5 Å². The lowest BCUT2D eigenvalue weighted by Crippen LogP contribution is -2.53. The monoisotopic (exact) mass is 408 g/mol. The van der Waals surface area contributed by atoms with Crippen molar-refractivity contribution in [2.45, 2.75) is 13.2 Å². The highest BCUT2D eigenvalue weighted by Gasteiger charge is 2.43. The van der Waals surface area contributed by atoms with Crippen LogP contribution in [0.4, 0.5) is 8.78 Å². The van der Waals surface area contributed by atoms with Gasteiger partial charge in [0.05, 0.1) is 13.2 Å². The Balaban J connectivity index is 1.29. The molecule has 156 valence electrons. The SMILES string of the molecule is CC(C(=O)N1CCN(C(=O)/C=C/c2ccc3c(c2)OC(F)(F)O3)CC1)C1COC1. The molecule has 3 aliphatic heterocycles. The second-order valence-electron chi connectivity index (χ2n) is 7.44. The van der Waals surface area contributed by atoms with Crippen molar-refractivity contribution in [3.8, 4) is 11.5 Å². The van der Waals surface area contributed by atoms with Gasteiger partial charge in [-0.1, -0.05) is 13.0 Å². The molecule has 3 aliphatic rings. The van der Waals surface area contributed by atoms with Gasteiger partial charge >= 0.3 is 6.29 Å². The molecule has 0 aromatic heterocycles. The number of benzene rings is 1. The van der Waals surface area contributed by atoms with Gasteiger partial charge in [0.2, 0.25) is 11.8 Å². The highest BCUT2D eigenvalue weighted by Crippen LogP contribution is 2.41. The number of ether oxygens (including phenoxy) is 3. The van der Waals surface area contributed by atoms with Crippen LogP contribution < -0.4 is 9.47 Å². The molecule has 2 saturated heterocycles. The quantitative estimate of drug-likeness (QED) is 0.713. The number of rotatable bonds is 4. The largest absolute Gasteiger partial charge is 0.586 e. The Morgan fingerprint density at radius 2 is 1.76 bits per heavy atom. The van der Waals surface area contributed by atoms with E-state index in [0.717, 1.165) is 0 Å². The van der Waals surface area contributed by atoms with Crippen LogP contribution in [-0.4, -0.2) is 67.3 Å². The molecular formula is C20H22F2N2O5. The van der Waals surface area contributed by atoms with Crippen LogP contribution >= 0.6 is 0 Å². The van der Waals surface area contributed by atoms with Crippen LogP contribution in [0, 0.1) is 11.8 Å². The lowest BCUT2D eigenvalue weighted by Gasteiger charge is -2.38. The van der Waals surface area contributed by atoms with Crippen LogP contribution in [0.25, 0.3) is 6.08 Å². The molecule has 0 aliphatic carbocycles. The minimum Gasteiger partial charge on any atom is -0.395 e. The summed E-state index contributed by atoms with van der Waals surface area (Å²) in [5.74, 6) is 0.0272. The zero-order valence-electron chi connectivity index (χ0n) is 16.0. The third kappa shape index (κ3) is 4.19. The standard InChI is InChI=1S/C20H22F2N2O5/c1-13(15-11-27-12-15)19(26)24-8-6-23(7-9-24)18(25)5-3-14-2-4-16-17(10-14)29-20(21,22)28-16/h2-5,10,13,15H,6-9,11-12H2,1H3/b5-3+. The first-order valence-corrected chi connectivity index (χ1v) is 9.56. The second-order valence-corrected chi connectivity index (χ2v) is 7.44. The molecule has 0 N–H and O–H groups in total. The summed E-state index contributed by atoms with van der Waals surface area (Å²) >= 11 is 0. The summed E-state index contributed by atoms with van der Waals surface area (Å²) in [6.07, 6.45) is -0.735. The van der Waals surface area contributed by atoms with Crippen LogP contribution in [0.5, 0.6) is 11.5 Å². The summed E-state index contributed by atoms with van der Waals surface area (Å²) < 4.78 is 40.1. The van der Waals surface area contributed by atoms with Crippen molar-refractivity contribution in [2.24, 2.45) is 11.8 Å². The van der Waals surface area contributed by atoms with Crippen LogP contribution in [-0.2, 0) is 14.3 Å². The zero-order valence-corrected chi connectivity index (χ0v) is 16.0. The van der Waals surface area contributed by atoms with Crippen LogP contribution in [0.3, 0.4) is 0 Å². The number of hydrogen-bond donors (Lipinski definition) is 0. The molecule has 2 amide bonds. The van der Waals surface area contributed by atoms with E-state index >= 15 is 0 Å². The Labute approximate surface area is 166 Å². The fourth-order valence-electron chi connectivity index (χ4n) is 3.52. The van der Waals surface area contributed by atoms with Gasteiger partial charge in [0, 0.05) is 44.1 Å². The van der Waals surface area contributed by atoms with Crippen LogP contribution in [0.15, 0.2) is 24.3 Å². The average Bonchev–Trinajstić information content (AvgIpc) is 2.97. The van der Waals surface area contributed by atoms with Crippen LogP contribution in [0.1, 0.15) is 12.5 Å². The molecule has 0 saturated carbocycles. The smallest absolute Gasteiger partial charge is 0.395 e. The molecular weight excluding hydrogens is 386 g/mol. The number of carbonyl (C=O) groups is 2.